The number of aliphatic hydroxyl groups is 1. The van der Waals surface area contributed by atoms with Gasteiger partial charge in [0, 0.05) is 18.7 Å². The summed E-state index contributed by atoms with van der Waals surface area (Å²) in [5.41, 5.74) is 1.37. The Hall–Kier alpha value is -1.86. The Morgan fingerprint density at radius 1 is 1.19 bits per heavy atom. The van der Waals surface area contributed by atoms with E-state index in [9.17, 15) is 4.39 Å². The molecule has 0 saturated heterocycles. The fourth-order valence-electron chi connectivity index (χ4n) is 2.32. The lowest BCUT2D eigenvalue weighted by Gasteiger charge is -2.15. The highest BCUT2D eigenvalue weighted by molar-refractivity contribution is 6.32. The molecule has 2 rings (SSSR count). The molecule has 142 valence electrons. The Kier molecular flexibility index (Phi) is 8.64. The molecule has 26 heavy (non-hydrogen) atoms. The van der Waals surface area contributed by atoms with E-state index in [1.165, 1.54) is 13.2 Å². The van der Waals surface area contributed by atoms with Gasteiger partial charge in [0.2, 0.25) is 0 Å². The molecule has 2 N–H and O–H groups in total. The number of benzene rings is 2. The zero-order chi connectivity index (χ0) is 18.8. The van der Waals surface area contributed by atoms with Crippen LogP contribution >= 0.6 is 11.6 Å². The van der Waals surface area contributed by atoms with Gasteiger partial charge >= 0.3 is 0 Å². The molecule has 0 aliphatic carbocycles. The smallest absolute Gasteiger partial charge is 0.180 e. The lowest BCUT2D eigenvalue weighted by molar-refractivity contribution is 0.0938. The number of methoxy groups -OCH3 is 1. The van der Waals surface area contributed by atoms with Crippen LogP contribution in [0.15, 0.2) is 36.4 Å². The van der Waals surface area contributed by atoms with Crippen LogP contribution in [0.4, 0.5) is 4.39 Å². The lowest BCUT2D eigenvalue weighted by atomic mass is 10.2. The predicted molar refractivity (Wildman–Crippen MR) is 98.3 cm³/mol. The average Bonchev–Trinajstić information content (AvgIpc) is 2.64. The Bertz CT molecular complexity index is 699. The van der Waals surface area contributed by atoms with Crippen LogP contribution in [-0.4, -0.2) is 38.6 Å². The highest BCUT2D eigenvalue weighted by Gasteiger charge is 2.13. The molecule has 0 radical (unpaired) electrons. The van der Waals surface area contributed by atoms with E-state index in [2.05, 4.69) is 5.32 Å². The number of ether oxygens (including phenoxy) is 3. The zero-order valence-corrected chi connectivity index (χ0v) is 15.4. The summed E-state index contributed by atoms with van der Waals surface area (Å²) in [6.07, 6.45) is 0. The fourth-order valence-corrected chi connectivity index (χ4v) is 2.61. The van der Waals surface area contributed by atoms with Crippen LogP contribution in [0.25, 0.3) is 0 Å². The molecule has 0 aliphatic heterocycles. The summed E-state index contributed by atoms with van der Waals surface area (Å²) in [6.45, 7) is 2.13. The standard InChI is InChI=1S/C19H23ClFNO4/c1-24-18-11-14(12-22-6-8-25-9-7-23)10-16(20)19(18)26-13-15-4-2-3-5-17(15)21/h2-5,10-11,22-23H,6-9,12-13H2,1H3. The van der Waals surface area contributed by atoms with E-state index in [1.807, 2.05) is 6.07 Å². The summed E-state index contributed by atoms with van der Waals surface area (Å²) < 4.78 is 29.9. The third kappa shape index (κ3) is 6.14. The summed E-state index contributed by atoms with van der Waals surface area (Å²) in [5.74, 6) is 0.543. The molecule has 7 heteroatoms. The molecule has 0 aromatic heterocycles. The molecular weight excluding hydrogens is 361 g/mol. The first-order valence-corrected chi connectivity index (χ1v) is 8.65. The Balaban J connectivity index is 1.96. The van der Waals surface area contributed by atoms with Crippen molar-refractivity contribution < 1.29 is 23.7 Å². The summed E-state index contributed by atoms with van der Waals surface area (Å²) in [4.78, 5) is 0. The van der Waals surface area contributed by atoms with Crippen LogP contribution in [-0.2, 0) is 17.9 Å². The second kappa shape index (κ2) is 11.0. The van der Waals surface area contributed by atoms with E-state index in [4.69, 9.17) is 30.9 Å². The molecule has 0 saturated carbocycles. The van der Waals surface area contributed by atoms with Gasteiger partial charge in [-0.1, -0.05) is 29.8 Å². The molecule has 0 spiro atoms. The van der Waals surface area contributed by atoms with Gasteiger partial charge in [-0.25, -0.2) is 4.39 Å². The van der Waals surface area contributed by atoms with Gasteiger partial charge in [-0.15, -0.1) is 0 Å². The van der Waals surface area contributed by atoms with E-state index in [1.54, 1.807) is 24.3 Å². The maximum absolute atomic E-state index is 13.7. The Labute approximate surface area is 157 Å². The van der Waals surface area contributed by atoms with E-state index in [-0.39, 0.29) is 19.0 Å². The minimum absolute atomic E-state index is 0.0150. The van der Waals surface area contributed by atoms with E-state index >= 15 is 0 Å². The van der Waals surface area contributed by atoms with Gasteiger partial charge in [0.25, 0.3) is 0 Å². The van der Waals surface area contributed by atoms with Crippen molar-refractivity contribution in [3.8, 4) is 11.5 Å². The van der Waals surface area contributed by atoms with Crippen LogP contribution in [0.2, 0.25) is 5.02 Å². The number of hydrogen-bond acceptors (Lipinski definition) is 5. The van der Waals surface area contributed by atoms with Gasteiger partial charge in [-0.2, -0.15) is 0 Å². The van der Waals surface area contributed by atoms with Crippen molar-refractivity contribution in [3.63, 3.8) is 0 Å². The monoisotopic (exact) mass is 383 g/mol. The first kappa shape index (κ1) is 20.5. The number of hydrogen-bond donors (Lipinski definition) is 2. The summed E-state index contributed by atoms with van der Waals surface area (Å²) in [7, 11) is 1.53. The zero-order valence-electron chi connectivity index (χ0n) is 14.6. The lowest BCUT2D eigenvalue weighted by Crippen LogP contribution is -2.20. The average molecular weight is 384 g/mol. The highest BCUT2D eigenvalue weighted by atomic mass is 35.5. The predicted octanol–water partition coefficient (Wildman–Crippen LogP) is 3.17. The van der Waals surface area contributed by atoms with Gasteiger partial charge in [0.05, 0.1) is 32.0 Å². The third-order valence-electron chi connectivity index (χ3n) is 3.61. The SMILES string of the molecule is COc1cc(CNCCOCCO)cc(Cl)c1OCc1ccccc1F. The third-order valence-corrected chi connectivity index (χ3v) is 3.89. The van der Waals surface area contributed by atoms with E-state index in [0.717, 1.165) is 5.56 Å². The molecule has 0 atom stereocenters. The Morgan fingerprint density at radius 2 is 2.00 bits per heavy atom. The highest BCUT2D eigenvalue weighted by Crippen LogP contribution is 2.37. The molecule has 0 amide bonds. The second-order valence-corrected chi connectivity index (χ2v) is 5.91. The van der Waals surface area contributed by atoms with Crippen LogP contribution in [0.1, 0.15) is 11.1 Å². The molecule has 2 aromatic rings. The van der Waals surface area contributed by atoms with Crippen LogP contribution < -0.4 is 14.8 Å². The topological polar surface area (TPSA) is 60.0 Å². The second-order valence-electron chi connectivity index (χ2n) is 5.50. The van der Waals surface area contributed by atoms with Crippen LogP contribution in [0, 0.1) is 5.82 Å². The van der Waals surface area contributed by atoms with Gasteiger partial charge in [0.1, 0.15) is 12.4 Å². The molecule has 0 fully saturated rings. The van der Waals surface area contributed by atoms with Gasteiger partial charge in [0.15, 0.2) is 11.5 Å². The summed E-state index contributed by atoms with van der Waals surface area (Å²) in [6, 6.07) is 10.0. The van der Waals surface area contributed by atoms with Crippen molar-refractivity contribution >= 4 is 11.6 Å². The summed E-state index contributed by atoms with van der Waals surface area (Å²) in [5, 5.41) is 12.2. The maximum atomic E-state index is 13.7. The van der Waals surface area contributed by atoms with Crippen molar-refractivity contribution in [1.29, 1.82) is 0 Å². The molecule has 0 unspecified atom stereocenters. The quantitative estimate of drug-likeness (QED) is 0.584. The van der Waals surface area contributed by atoms with E-state index < -0.39 is 0 Å². The first-order valence-electron chi connectivity index (χ1n) is 8.27. The molecule has 0 aliphatic rings. The van der Waals surface area contributed by atoms with Gasteiger partial charge < -0.3 is 24.6 Å². The minimum Gasteiger partial charge on any atom is -0.493 e. The molecular formula is C19H23ClFNO4. The number of rotatable bonds is 11. The van der Waals surface area contributed by atoms with Crippen molar-refractivity contribution in [2.24, 2.45) is 0 Å². The first-order chi connectivity index (χ1) is 12.7. The van der Waals surface area contributed by atoms with Crippen molar-refractivity contribution in [2.45, 2.75) is 13.2 Å². The maximum Gasteiger partial charge on any atom is 0.180 e. The molecule has 5 nitrogen and oxygen atoms in total. The largest absolute Gasteiger partial charge is 0.493 e. The normalized spacial score (nSPS) is 10.8. The van der Waals surface area contributed by atoms with Crippen molar-refractivity contribution in [1.82, 2.24) is 5.32 Å². The molecule has 0 heterocycles. The Morgan fingerprint density at radius 3 is 2.73 bits per heavy atom. The van der Waals surface area contributed by atoms with Gasteiger partial charge in [-0.05, 0) is 23.8 Å². The molecule has 2 aromatic carbocycles. The van der Waals surface area contributed by atoms with Crippen molar-refractivity contribution in [2.75, 3.05) is 33.5 Å². The molecule has 0 bridgehead atoms. The number of aliphatic hydroxyl groups excluding tert-OH is 1. The fraction of sp³-hybridized carbons (Fsp3) is 0.368. The van der Waals surface area contributed by atoms with E-state index in [0.29, 0.717) is 48.4 Å². The minimum atomic E-state index is -0.327. The summed E-state index contributed by atoms with van der Waals surface area (Å²) >= 11 is 6.32. The van der Waals surface area contributed by atoms with Crippen molar-refractivity contribution in [3.05, 3.63) is 58.4 Å². The van der Waals surface area contributed by atoms with Gasteiger partial charge in [-0.3, -0.25) is 0 Å². The van der Waals surface area contributed by atoms with Crippen LogP contribution in [0.3, 0.4) is 0 Å². The van der Waals surface area contributed by atoms with Crippen LogP contribution in [0.5, 0.6) is 11.5 Å². The number of halogens is 2. The number of nitrogens with one attached hydrogen (secondary N) is 1.